The fraction of sp³-hybridized carbons (Fsp3) is 0.727. The Hall–Kier alpha value is -0.0600. The predicted octanol–water partition coefficient (Wildman–Crippen LogP) is 2.99. The summed E-state index contributed by atoms with van der Waals surface area (Å²) in [5.74, 6) is 0. The summed E-state index contributed by atoms with van der Waals surface area (Å²) >= 11 is 9.67. The van der Waals surface area contributed by atoms with E-state index in [9.17, 15) is 0 Å². The highest BCUT2D eigenvalue weighted by Crippen LogP contribution is 2.22. The van der Waals surface area contributed by atoms with E-state index in [4.69, 9.17) is 11.6 Å². The molecule has 0 aliphatic rings. The third-order valence-electron chi connectivity index (χ3n) is 2.97. The smallest absolute Gasteiger partial charge is 0.0739 e. The Morgan fingerprint density at radius 2 is 2.12 bits per heavy atom. The highest BCUT2D eigenvalue weighted by atomic mass is 79.9. The first-order valence-electron chi connectivity index (χ1n) is 5.32. The number of nitrogens with one attached hydrogen (secondary N) is 1. The van der Waals surface area contributed by atoms with Gasteiger partial charge in [-0.05, 0) is 43.6 Å². The number of halogens is 2. The van der Waals surface area contributed by atoms with Gasteiger partial charge in [0, 0.05) is 24.5 Å². The maximum atomic E-state index is 6.12. The van der Waals surface area contributed by atoms with Crippen LogP contribution in [-0.2, 0) is 13.6 Å². The van der Waals surface area contributed by atoms with Crippen molar-refractivity contribution in [1.82, 2.24) is 15.1 Å². The van der Waals surface area contributed by atoms with Crippen LogP contribution in [0.3, 0.4) is 0 Å². The Labute approximate surface area is 111 Å². The molecule has 1 rings (SSSR count). The normalized spacial score (nSPS) is 14.2. The number of aromatic nitrogens is 2. The van der Waals surface area contributed by atoms with E-state index in [2.05, 4.69) is 40.2 Å². The fourth-order valence-electron chi connectivity index (χ4n) is 1.32. The van der Waals surface area contributed by atoms with E-state index in [1.807, 2.05) is 25.6 Å². The number of hydrogen-bond acceptors (Lipinski definition) is 2. The monoisotopic (exact) mass is 307 g/mol. The summed E-state index contributed by atoms with van der Waals surface area (Å²) in [6.45, 7) is 8.94. The second-order valence-corrected chi connectivity index (χ2v) is 6.11. The van der Waals surface area contributed by atoms with Crippen molar-refractivity contribution in [3.05, 3.63) is 15.9 Å². The zero-order valence-corrected chi connectivity index (χ0v) is 12.8. The minimum Gasteiger partial charge on any atom is -0.305 e. The molecule has 0 saturated carbocycles. The van der Waals surface area contributed by atoms with E-state index < -0.39 is 0 Å². The molecule has 0 radical (unpaired) electrons. The summed E-state index contributed by atoms with van der Waals surface area (Å²) < 4.78 is 2.96. The van der Waals surface area contributed by atoms with Crippen LogP contribution in [0.2, 0.25) is 0 Å². The van der Waals surface area contributed by atoms with Gasteiger partial charge >= 0.3 is 0 Å². The molecule has 0 aromatic carbocycles. The molecule has 0 fully saturated rings. The maximum absolute atomic E-state index is 6.12. The van der Waals surface area contributed by atoms with E-state index in [0.717, 1.165) is 22.4 Å². The molecule has 5 heteroatoms. The van der Waals surface area contributed by atoms with Gasteiger partial charge in [0.2, 0.25) is 0 Å². The summed E-state index contributed by atoms with van der Waals surface area (Å²) in [7, 11) is 1.95. The third kappa shape index (κ3) is 2.99. The van der Waals surface area contributed by atoms with Gasteiger partial charge in [0.15, 0.2) is 0 Å². The van der Waals surface area contributed by atoms with Crippen molar-refractivity contribution in [2.24, 2.45) is 7.05 Å². The minimum absolute atomic E-state index is 0.0700. The highest BCUT2D eigenvalue weighted by molar-refractivity contribution is 9.10. The first-order valence-corrected chi connectivity index (χ1v) is 6.55. The van der Waals surface area contributed by atoms with Gasteiger partial charge in [0.25, 0.3) is 0 Å². The van der Waals surface area contributed by atoms with Gasteiger partial charge in [-0.3, -0.25) is 4.68 Å². The Kier molecular flexibility index (Phi) is 4.43. The second kappa shape index (κ2) is 5.07. The molecule has 1 heterocycles. The first kappa shape index (κ1) is 14.0. The molecular formula is C11H19BrClN3. The van der Waals surface area contributed by atoms with Crippen LogP contribution in [0.15, 0.2) is 4.47 Å². The average Bonchev–Trinajstić information content (AvgIpc) is 2.39. The topological polar surface area (TPSA) is 29.9 Å². The molecule has 0 aliphatic heterocycles. The summed E-state index contributed by atoms with van der Waals surface area (Å²) in [5, 5.41) is 7.87. The first-order chi connectivity index (χ1) is 7.25. The Morgan fingerprint density at radius 3 is 2.50 bits per heavy atom. The summed E-state index contributed by atoms with van der Waals surface area (Å²) in [4.78, 5) is 0. The lowest BCUT2D eigenvalue weighted by Crippen LogP contribution is -2.45. The zero-order valence-electron chi connectivity index (χ0n) is 10.4. The second-order valence-electron chi connectivity index (χ2n) is 4.66. The number of alkyl halides is 1. The molecule has 1 N–H and O–H groups in total. The van der Waals surface area contributed by atoms with Gasteiger partial charge in [0.1, 0.15) is 0 Å². The Bertz CT molecular complexity index is 372. The van der Waals surface area contributed by atoms with Crippen LogP contribution in [0.25, 0.3) is 0 Å². The molecule has 0 aliphatic carbocycles. The molecule has 16 heavy (non-hydrogen) atoms. The van der Waals surface area contributed by atoms with Gasteiger partial charge in [0.05, 0.1) is 15.9 Å². The minimum atomic E-state index is -0.0980. The maximum Gasteiger partial charge on any atom is 0.0739 e. The van der Waals surface area contributed by atoms with Gasteiger partial charge in [-0.25, -0.2) is 0 Å². The van der Waals surface area contributed by atoms with Gasteiger partial charge in [-0.2, -0.15) is 5.10 Å². The molecule has 0 spiro atoms. The third-order valence-corrected chi connectivity index (χ3v) is 4.54. The number of rotatable bonds is 4. The number of hydrogen-bond donors (Lipinski definition) is 1. The van der Waals surface area contributed by atoms with Crippen LogP contribution in [0.5, 0.6) is 0 Å². The van der Waals surface area contributed by atoms with Crippen molar-refractivity contribution >= 4 is 27.5 Å². The SMILES string of the molecule is Cc1nn(C)c(CNC(C)(C)C(C)Cl)c1Br. The zero-order chi connectivity index (χ0) is 12.5. The molecule has 1 aromatic heterocycles. The molecule has 1 aromatic rings. The average molecular weight is 309 g/mol. The molecular weight excluding hydrogens is 289 g/mol. The van der Waals surface area contributed by atoms with E-state index in [1.54, 1.807) is 0 Å². The standard InChI is InChI=1S/C11H19BrClN3/c1-7-10(12)9(16(5)15-7)6-14-11(3,4)8(2)13/h8,14H,6H2,1-5H3. The quantitative estimate of drug-likeness (QED) is 0.867. The lowest BCUT2D eigenvalue weighted by atomic mass is 10.0. The molecule has 3 nitrogen and oxygen atoms in total. The molecule has 92 valence electrons. The fourth-order valence-corrected chi connectivity index (χ4v) is 1.88. The van der Waals surface area contributed by atoms with Crippen LogP contribution in [-0.4, -0.2) is 20.7 Å². The van der Waals surface area contributed by atoms with Gasteiger partial charge < -0.3 is 5.32 Å². The van der Waals surface area contributed by atoms with Crippen molar-refractivity contribution in [3.8, 4) is 0 Å². The van der Waals surface area contributed by atoms with Crippen molar-refractivity contribution in [1.29, 1.82) is 0 Å². The van der Waals surface area contributed by atoms with Gasteiger partial charge in [-0.1, -0.05) is 0 Å². The largest absolute Gasteiger partial charge is 0.305 e. The highest BCUT2D eigenvalue weighted by Gasteiger charge is 2.24. The van der Waals surface area contributed by atoms with E-state index in [1.165, 1.54) is 0 Å². The lowest BCUT2D eigenvalue weighted by Gasteiger charge is -2.29. The number of nitrogens with zero attached hydrogens (tertiary/aromatic N) is 2. The van der Waals surface area contributed by atoms with Crippen molar-refractivity contribution in [3.63, 3.8) is 0 Å². The van der Waals surface area contributed by atoms with Crippen LogP contribution in [0.4, 0.5) is 0 Å². The Balaban J connectivity index is 2.75. The molecule has 1 unspecified atom stereocenters. The molecule has 1 atom stereocenters. The van der Waals surface area contributed by atoms with Crippen LogP contribution in [0.1, 0.15) is 32.2 Å². The summed E-state index contributed by atoms with van der Waals surface area (Å²) in [6.07, 6.45) is 0. The van der Waals surface area contributed by atoms with Crippen molar-refractivity contribution in [2.45, 2.75) is 45.2 Å². The van der Waals surface area contributed by atoms with E-state index in [-0.39, 0.29) is 10.9 Å². The predicted molar refractivity (Wildman–Crippen MR) is 71.9 cm³/mol. The summed E-state index contributed by atoms with van der Waals surface area (Å²) in [6, 6.07) is 0. The lowest BCUT2D eigenvalue weighted by molar-refractivity contribution is 0.374. The molecule has 0 bridgehead atoms. The van der Waals surface area contributed by atoms with E-state index in [0.29, 0.717) is 0 Å². The molecule has 0 amide bonds. The van der Waals surface area contributed by atoms with Crippen LogP contribution < -0.4 is 5.32 Å². The number of aryl methyl sites for hydroxylation is 2. The van der Waals surface area contributed by atoms with Crippen molar-refractivity contribution < 1.29 is 0 Å². The van der Waals surface area contributed by atoms with Gasteiger partial charge in [-0.15, -0.1) is 11.6 Å². The van der Waals surface area contributed by atoms with Crippen LogP contribution in [0, 0.1) is 6.92 Å². The summed E-state index contributed by atoms with van der Waals surface area (Å²) in [5.41, 5.74) is 2.05. The Morgan fingerprint density at radius 1 is 1.56 bits per heavy atom. The molecule has 0 saturated heterocycles. The van der Waals surface area contributed by atoms with Crippen molar-refractivity contribution in [2.75, 3.05) is 0 Å². The van der Waals surface area contributed by atoms with E-state index >= 15 is 0 Å². The van der Waals surface area contributed by atoms with Crippen LogP contribution >= 0.6 is 27.5 Å².